The number of urea groups is 1. The van der Waals surface area contributed by atoms with Gasteiger partial charge >= 0.3 is 6.03 Å². The van der Waals surface area contributed by atoms with Gasteiger partial charge in [0.1, 0.15) is 5.82 Å². The van der Waals surface area contributed by atoms with Crippen LogP contribution in [0.25, 0.3) is 5.69 Å². The fourth-order valence-corrected chi connectivity index (χ4v) is 4.29. The zero-order valence-corrected chi connectivity index (χ0v) is 18.6. The van der Waals surface area contributed by atoms with Gasteiger partial charge in [0.25, 0.3) is 10.0 Å². The van der Waals surface area contributed by atoms with E-state index in [4.69, 9.17) is 9.15 Å². The number of aromatic nitrogens is 3. The summed E-state index contributed by atoms with van der Waals surface area (Å²) in [5, 5.41) is 16.7. The highest BCUT2D eigenvalue weighted by molar-refractivity contribution is 7.89. The number of carbonyl (C=O) groups is 1. The molecule has 0 bridgehead atoms. The van der Waals surface area contributed by atoms with Crippen molar-refractivity contribution in [2.75, 3.05) is 12.4 Å². The van der Waals surface area contributed by atoms with Crippen molar-refractivity contribution in [2.24, 2.45) is 0 Å². The minimum Gasteiger partial charge on any atom is -0.481 e. The van der Waals surface area contributed by atoms with Gasteiger partial charge < -0.3 is 14.3 Å². The Morgan fingerprint density at radius 2 is 2.09 bits per heavy atom. The molecule has 0 aromatic carbocycles. The molecule has 11 nitrogen and oxygen atoms in total. The molecule has 3 heterocycles. The second kappa shape index (κ2) is 7.95. The molecule has 12 heteroatoms. The molecule has 0 spiro atoms. The monoisotopic (exact) mass is 461 g/mol. The van der Waals surface area contributed by atoms with Crippen molar-refractivity contribution in [3.8, 4) is 11.6 Å². The summed E-state index contributed by atoms with van der Waals surface area (Å²) in [6.45, 7) is 2.98. The molecule has 0 atom stereocenters. The van der Waals surface area contributed by atoms with Gasteiger partial charge in [-0.2, -0.15) is 13.5 Å². The van der Waals surface area contributed by atoms with Crippen LogP contribution in [0.4, 0.5) is 10.6 Å². The summed E-state index contributed by atoms with van der Waals surface area (Å²) in [4.78, 5) is 16.7. The summed E-state index contributed by atoms with van der Waals surface area (Å²) < 4.78 is 38.9. The van der Waals surface area contributed by atoms with Crippen molar-refractivity contribution in [1.82, 2.24) is 19.5 Å². The number of anilines is 1. The van der Waals surface area contributed by atoms with Crippen molar-refractivity contribution in [3.63, 3.8) is 0 Å². The lowest BCUT2D eigenvalue weighted by molar-refractivity contribution is 0.0779. The van der Waals surface area contributed by atoms with Crippen LogP contribution in [-0.2, 0) is 28.5 Å². The molecule has 3 aromatic rings. The van der Waals surface area contributed by atoms with Gasteiger partial charge in [-0.15, -0.1) is 0 Å². The van der Waals surface area contributed by atoms with E-state index in [0.29, 0.717) is 23.8 Å². The second-order valence-electron chi connectivity index (χ2n) is 7.87. The lowest BCUT2D eigenvalue weighted by Crippen LogP contribution is -2.35. The number of fused-ring (bicyclic) bond motifs is 1. The van der Waals surface area contributed by atoms with E-state index < -0.39 is 26.7 Å². The first-order valence-corrected chi connectivity index (χ1v) is 11.3. The Balaban J connectivity index is 1.60. The number of hydrogen-bond acceptors (Lipinski definition) is 8. The summed E-state index contributed by atoms with van der Waals surface area (Å²) in [7, 11) is -2.81. The Morgan fingerprint density at radius 1 is 1.31 bits per heavy atom. The van der Waals surface area contributed by atoms with E-state index in [1.807, 2.05) is 4.72 Å². The highest BCUT2D eigenvalue weighted by Crippen LogP contribution is 2.31. The van der Waals surface area contributed by atoms with Crippen molar-refractivity contribution < 1.29 is 27.5 Å². The Bertz CT molecular complexity index is 1270. The van der Waals surface area contributed by atoms with E-state index >= 15 is 0 Å². The van der Waals surface area contributed by atoms with Gasteiger partial charge in [0.05, 0.1) is 30.4 Å². The van der Waals surface area contributed by atoms with Crippen LogP contribution in [0.3, 0.4) is 0 Å². The number of ether oxygens (including phenoxy) is 1. The number of amides is 2. The van der Waals surface area contributed by atoms with E-state index in [-0.39, 0.29) is 5.56 Å². The van der Waals surface area contributed by atoms with Gasteiger partial charge in [0.2, 0.25) is 11.0 Å². The molecule has 2 amide bonds. The van der Waals surface area contributed by atoms with Crippen LogP contribution in [0.1, 0.15) is 37.1 Å². The molecule has 0 fully saturated rings. The molecule has 32 heavy (non-hydrogen) atoms. The lowest BCUT2D eigenvalue weighted by atomic mass is 10.0. The zero-order chi connectivity index (χ0) is 23.1. The Morgan fingerprint density at radius 3 is 2.78 bits per heavy atom. The maximum Gasteiger partial charge on any atom is 0.334 e. The number of sulfonamides is 1. The molecule has 0 unspecified atom stereocenters. The third kappa shape index (κ3) is 4.18. The van der Waals surface area contributed by atoms with Crippen LogP contribution in [0.2, 0.25) is 0 Å². The smallest absolute Gasteiger partial charge is 0.334 e. The summed E-state index contributed by atoms with van der Waals surface area (Å²) in [5.41, 5.74) is 1.25. The van der Waals surface area contributed by atoms with E-state index in [9.17, 15) is 18.3 Å². The van der Waals surface area contributed by atoms with Crippen LogP contribution in [0.15, 0.2) is 40.2 Å². The van der Waals surface area contributed by atoms with Crippen LogP contribution in [-0.4, -0.2) is 41.4 Å². The number of aryl methyl sites for hydroxylation is 1. The molecule has 0 saturated carbocycles. The number of rotatable bonds is 6. The van der Waals surface area contributed by atoms with Crippen LogP contribution in [0, 0.1) is 0 Å². The lowest BCUT2D eigenvalue weighted by Gasteiger charge is -2.13. The maximum atomic E-state index is 12.6. The van der Waals surface area contributed by atoms with Crippen LogP contribution in [0.5, 0.6) is 5.88 Å². The number of hydrogen-bond donors (Lipinski definition) is 3. The molecule has 0 radical (unpaired) electrons. The summed E-state index contributed by atoms with van der Waals surface area (Å²) >= 11 is 0. The molecular formula is C20H23N5O6S. The largest absolute Gasteiger partial charge is 0.481 e. The number of nitrogens with zero attached hydrogens (tertiary/aromatic N) is 3. The molecule has 0 saturated heterocycles. The summed E-state index contributed by atoms with van der Waals surface area (Å²) in [6.07, 6.45) is 5.02. The predicted molar refractivity (Wildman–Crippen MR) is 113 cm³/mol. The Hall–Kier alpha value is -3.38. The number of nitrogens with one attached hydrogen (secondary N) is 2. The maximum absolute atomic E-state index is 12.6. The fraction of sp³-hybridized carbons (Fsp3) is 0.350. The van der Waals surface area contributed by atoms with Gasteiger partial charge in [0.15, 0.2) is 0 Å². The SMILES string of the molecule is COc1cc(-n2nc3c(c2NC(=O)NS(=O)(=O)c2cc(C(C)(C)O)co2)CCC3)ccn1. The van der Waals surface area contributed by atoms with E-state index in [1.54, 1.807) is 18.3 Å². The number of aliphatic hydroxyl groups is 1. The van der Waals surface area contributed by atoms with E-state index in [2.05, 4.69) is 15.4 Å². The van der Waals surface area contributed by atoms with Crippen molar-refractivity contribution in [2.45, 2.75) is 43.8 Å². The number of furan rings is 1. The first kappa shape index (κ1) is 21.8. The van der Waals surface area contributed by atoms with Crippen LogP contribution >= 0.6 is 0 Å². The molecule has 1 aliphatic rings. The highest BCUT2D eigenvalue weighted by Gasteiger charge is 2.29. The van der Waals surface area contributed by atoms with Gasteiger partial charge in [-0.1, -0.05) is 0 Å². The predicted octanol–water partition coefficient (Wildman–Crippen LogP) is 2.10. The normalized spacial score (nSPS) is 13.6. The molecule has 170 valence electrons. The fourth-order valence-electron chi connectivity index (χ4n) is 3.43. The second-order valence-corrected chi connectivity index (χ2v) is 9.48. The average Bonchev–Trinajstić information content (AvgIpc) is 3.45. The highest BCUT2D eigenvalue weighted by atomic mass is 32.2. The third-order valence-corrected chi connectivity index (χ3v) is 6.28. The number of pyridine rings is 1. The average molecular weight is 462 g/mol. The van der Waals surface area contributed by atoms with E-state index in [0.717, 1.165) is 30.4 Å². The first-order valence-electron chi connectivity index (χ1n) is 9.85. The third-order valence-electron chi connectivity index (χ3n) is 5.08. The summed E-state index contributed by atoms with van der Waals surface area (Å²) in [5.74, 6) is 0.742. The van der Waals surface area contributed by atoms with Crippen molar-refractivity contribution in [1.29, 1.82) is 0 Å². The van der Waals surface area contributed by atoms with Crippen molar-refractivity contribution >= 4 is 21.9 Å². The molecular weight excluding hydrogens is 438 g/mol. The van der Waals surface area contributed by atoms with Crippen LogP contribution < -0.4 is 14.8 Å². The number of methoxy groups -OCH3 is 1. The van der Waals surface area contributed by atoms with Gasteiger partial charge in [0, 0.05) is 29.5 Å². The van der Waals surface area contributed by atoms with E-state index in [1.165, 1.54) is 31.7 Å². The van der Waals surface area contributed by atoms with Gasteiger partial charge in [-0.05, 0) is 39.2 Å². The first-order chi connectivity index (χ1) is 15.1. The molecule has 4 rings (SSSR count). The quantitative estimate of drug-likeness (QED) is 0.505. The summed E-state index contributed by atoms with van der Waals surface area (Å²) in [6, 6.07) is 3.55. The molecule has 1 aliphatic carbocycles. The Kier molecular flexibility index (Phi) is 5.42. The Labute approximate surface area is 184 Å². The van der Waals surface area contributed by atoms with Gasteiger partial charge in [-0.3, -0.25) is 5.32 Å². The minimum atomic E-state index is -4.30. The van der Waals surface area contributed by atoms with Gasteiger partial charge in [-0.25, -0.2) is 19.2 Å². The molecule has 3 N–H and O–H groups in total. The number of carbonyl (C=O) groups excluding carboxylic acids is 1. The molecule has 0 aliphatic heterocycles. The topological polar surface area (TPSA) is 149 Å². The van der Waals surface area contributed by atoms with Crippen molar-refractivity contribution in [3.05, 3.63) is 47.5 Å². The standard InChI is InChI=1S/C20H23N5O6S/c1-20(2,27)12-9-17(31-11-12)32(28,29)24-19(26)22-18-14-5-4-6-15(14)23-25(18)13-7-8-21-16(10-13)30-3/h7-11,27H,4-6H2,1-3H3,(H2,22,24,26). The zero-order valence-electron chi connectivity index (χ0n) is 17.7. The minimum absolute atomic E-state index is 0.265. The molecule has 3 aromatic heterocycles.